The number of halogens is 2. The van der Waals surface area contributed by atoms with Crippen molar-refractivity contribution in [1.29, 1.82) is 0 Å². The number of aliphatic carboxylic acids is 1. The maximum atomic E-state index is 13.1. The summed E-state index contributed by atoms with van der Waals surface area (Å²) in [6.45, 7) is 0.0636. The molecule has 0 radical (unpaired) electrons. The van der Waals surface area contributed by atoms with Crippen LogP contribution in [0.5, 0.6) is 5.75 Å². The Labute approximate surface area is 136 Å². The van der Waals surface area contributed by atoms with Gasteiger partial charge in [-0.2, -0.15) is 0 Å². The number of rotatable bonds is 6. The Morgan fingerprint density at radius 2 is 2.04 bits per heavy atom. The number of carbonyl (C=O) groups is 1. The van der Waals surface area contributed by atoms with E-state index in [1.54, 1.807) is 24.3 Å². The van der Waals surface area contributed by atoms with Gasteiger partial charge in [-0.3, -0.25) is 0 Å². The minimum Gasteiger partial charge on any atom is -0.489 e. The van der Waals surface area contributed by atoms with Crippen LogP contribution in [-0.4, -0.2) is 23.9 Å². The van der Waals surface area contributed by atoms with Crippen molar-refractivity contribution in [2.24, 2.45) is 5.16 Å². The van der Waals surface area contributed by atoms with E-state index in [4.69, 9.17) is 16.3 Å². The summed E-state index contributed by atoms with van der Waals surface area (Å²) in [5.74, 6) is -1.39. The topological polar surface area (TPSA) is 68.1 Å². The molecule has 0 aliphatic heterocycles. The monoisotopic (exact) mass is 337 g/mol. The minimum absolute atomic E-state index is 0.0528. The average Bonchev–Trinajstić information content (AvgIpc) is 2.54. The van der Waals surface area contributed by atoms with E-state index in [0.717, 1.165) is 0 Å². The van der Waals surface area contributed by atoms with E-state index in [9.17, 15) is 14.3 Å². The summed E-state index contributed by atoms with van der Waals surface area (Å²) < 4.78 is 18.7. The summed E-state index contributed by atoms with van der Waals surface area (Å²) >= 11 is 5.69. The maximum Gasteiger partial charge on any atom is 0.358 e. The van der Waals surface area contributed by atoms with Crippen molar-refractivity contribution in [1.82, 2.24) is 0 Å². The van der Waals surface area contributed by atoms with Gasteiger partial charge in [-0.15, -0.1) is 0 Å². The molecule has 0 aliphatic carbocycles. The molecular formula is C16H13ClFNO4. The van der Waals surface area contributed by atoms with Gasteiger partial charge in [0.15, 0.2) is 5.71 Å². The van der Waals surface area contributed by atoms with Gasteiger partial charge in [-0.05, 0) is 17.7 Å². The highest BCUT2D eigenvalue weighted by molar-refractivity contribution is 6.42. The van der Waals surface area contributed by atoms with Crippen molar-refractivity contribution in [2.75, 3.05) is 7.11 Å². The van der Waals surface area contributed by atoms with Crippen LogP contribution in [0.1, 0.15) is 11.1 Å². The molecule has 0 bridgehead atoms. The molecule has 0 saturated carbocycles. The fourth-order valence-corrected chi connectivity index (χ4v) is 2.07. The Morgan fingerprint density at radius 1 is 1.30 bits per heavy atom. The van der Waals surface area contributed by atoms with Crippen LogP contribution in [0.2, 0.25) is 5.02 Å². The molecule has 7 heteroatoms. The van der Waals surface area contributed by atoms with Crippen LogP contribution in [0.25, 0.3) is 0 Å². The number of carboxylic acid groups (broad SMARTS) is 1. The van der Waals surface area contributed by atoms with E-state index in [2.05, 4.69) is 9.99 Å². The molecule has 2 aromatic rings. The molecule has 0 amide bonds. The lowest BCUT2D eigenvalue weighted by Gasteiger charge is -2.11. The van der Waals surface area contributed by atoms with Crippen molar-refractivity contribution in [3.8, 4) is 5.75 Å². The van der Waals surface area contributed by atoms with E-state index < -0.39 is 11.8 Å². The molecule has 2 aromatic carbocycles. The normalized spacial score (nSPS) is 11.2. The van der Waals surface area contributed by atoms with Crippen LogP contribution in [0.3, 0.4) is 0 Å². The first kappa shape index (κ1) is 16.8. The molecule has 120 valence electrons. The maximum absolute atomic E-state index is 13.1. The quantitative estimate of drug-likeness (QED) is 0.647. The predicted octanol–water partition coefficient (Wildman–Crippen LogP) is 3.49. The van der Waals surface area contributed by atoms with E-state index in [0.29, 0.717) is 16.9 Å². The zero-order valence-corrected chi connectivity index (χ0v) is 12.9. The Hall–Kier alpha value is -2.60. The largest absolute Gasteiger partial charge is 0.489 e. The first-order valence-electron chi connectivity index (χ1n) is 6.53. The minimum atomic E-state index is -1.22. The van der Waals surface area contributed by atoms with Crippen LogP contribution in [-0.2, 0) is 16.2 Å². The van der Waals surface area contributed by atoms with Crippen molar-refractivity contribution in [3.05, 3.63) is 64.4 Å². The Morgan fingerprint density at radius 3 is 2.70 bits per heavy atom. The third-order valence-electron chi connectivity index (χ3n) is 2.94. The Bertz CT molecular complexity index is 749. The average molecular weight is 338 g/mol. The van der Waals surface area contributed by atoms with Gasteiger partial charge in [-0.25, -0.2) is 9.18 Å². The lowest BCUT2D eigenvalue weighted by molar-refractivity contribution is -0.129. The van der Waals surface area contributed by atoms with Crippen LogP contribution in [0.15, 0.2) is 47.6 Å². The number of ether oxygens (including phenoxy) is 1. The fraction of sp³-hybridized carbons (Fsp3) is 0.125. The Kier molecular flexibility index (Phi) is 5.54. The fourth-order valence-electron chi connectivity index (χ4n) is 1.90. The first-order chi connectivity index (χ1) is 11.0. The van der Waals surface area contributed by atoms with Crippen LogP contribution < -0.4 is 4.74 Å². The zero-order chi connectivity index (χ0) is 16.8. The second-order valence-electron chi connectivity index (χ2n) is 4.45. The second-order valence-corrected chi connectivity index (χ2v) is 4.86. The summed E-state index contributed by atoms with van der Waals surface area (Å²) in [6, 6.07) is 10.7. The number of benzene rings is 2. The van der Waals surface area contributed by atoms with Crippen molar-refractivity contribution in [2.45, 2.75) is 6.61 Å². The summed E-state index contributed by atoms with van der Waals surface area (Å²) in [5.41, 5.74) is 0.727. The molecule has 0 saturated heterocycles. The lowest BCUT2D eigenvalue weighted by atomic mass is 10.0. The molecule has 0 atom stereocenters. The molecule has 0 spiro atoms. The van der Waals surface area contributed by atoms with Crippen molar-refractivity contribution in [3.63, 3.8) is 0 Å². The van der Waals surface area contributed by atoms with Gasteiger partial charge in [0.1, 0.15) is 25.3 Å². The number of hydrogen-bond donors (Lipinski definition) is 1. The summed E-state index contributed by atoms with van der Waals surface area (Å²) in [7, 11) is 1.27. The number of nitrogens with zero attached hydrogens (tertiary/aromatic N) is 1. The number of hydrogen-bond acceptors (Lipinski definition) is 4. The Balaban J connectivity index is 2.25. The standard InChI is InChI=1S/C16H13ClFNO4/c1-22-19-15(16(20)21)12-5-3-2-4-10(12)9-23-11-6-7-14(18)13(17)8-11/h2-8H,9H2,1H3,(H,20,21)/b19-15+. The molecule has 1 N–H and O–H groups in total. The molecule has 23 heavy (non-hydrogen) atoms. The molecule has 5 nitrogen and oxygen atoms in total. The van der Waals surface area contributed by atoms with Crippen molar-refractivity contribution >= 4 is 23.3 Å². The van der Waals surface area contributed by atoms with Crippen LogP contribution in [0, 0.1) is 5.82 Å². The smallest absolute Gasteiger partial charge is 0.358 e. The van der Waals surface area contributed by atoms with E-state index >= 15 is 0 Å². The molecular weight excluding hydrogens is 325 g/mol. The highest BCUT2D eigenvalue weighted by Crippen LogP contribution is 2.22. The number of oxime groups is 1. The van der Waals surface area contributed by atoms with E-state index in [1.165, 1.54) is 25.3 Å². The second kappa shape index (κ2) is 7.60. The predicted molar refractivity (Wildman–Crippen MR) is 83.4 cm³/mol. The van der Waals surface area contributed by atoms with Gasteiger partial charge in [-0.1, -0.05) is 41.0 Å². The van der Waals surface area contributed by atoms with Gasteiger partial charge in [0.05, 0.1) is 5.02 Å². The summed E-state index contributed by atoms with van der Waals surface area (Å²) in [5, 5.41) is 12.7. The number of carboxylic acids is 1. The van der Waals surface area contributed by atoms with Gasteiger partial charge in [0.25, 0.3) is 0 Å². The van der Waals surface area contributed by atoms with Crippen LogP contribution >= 0.6 is 11.6 Å². The van der Waals surface area contributed by atoms with Gasteiger partial charge >= 0.3 is 5.97 Å². The van der Waals surface area contributed by atoms with Crippen LogP contribution in [0.4, 0.5) is 4.39 Å². The van der Waals surface area contributed by atoms with Gasteiger partial charge in [0.2, 0.25) is 0 Å². The SMILES string of the molecule is CO/N=C(/C(=O)O)c1ccccc1COc1ccc(F)c(Cl)c1. The zero-order valence-electron chi connectivity index (χ0n) is 12.1. The van der Waals surface area contributed by atoms with Gasteiger partial charge in [0, 0.05) is 11.6 Å². The van der Waals surface area contributed by atoms with Crippen molar-refractivity contribution < 1.29 is 23.9 Å². The third kappa shape index (κ3) is 4.20. The molecule has 0 heterocycles. The molecule has 2 rings (SSSR count). The molecule has 0 unspecified atom stereocenters. The van der Waals surface area contributed by atoms with Gasteiger partial charge < -0.3 is 14.7 Å². The third-order valence-corrected chi connectivity index (χ3v) is 3.23. The summed E-state index contributed by atoms with van der Waals surface area (Å²) in [4.78, 5) is 15.9. The lowest BCUT2D eigenvalue weighted by Crippen LogP contribution is -2.17. The summed E-state index contributed by atoms with van der Waals surface area (Å²) in [6.07, 6.45) is 0. The van der Waals surface area contributed by atoms with E-state index in [-0.39, 0.29) is 17.3 Å². The highest BCUT2D eigenvalue weighted by atomic mass is 35.5. The molecule has 0 fully saturated rings. The van der Waals surface area contributed by atoms with E-state index in [1.807, 2.05) is 0 Å². The molecule has 0 aromatic heterocycles. The highest BCUT2D eigenvalue weighted by Gasteiger charge is 2.17. The first-order valence-corrected chi connectivity index (χ1v) is 6.91. The molecule has 0 aliphatic rings.